The molecule has 0 saturated heterocycles. The third kappa shape index (κ3) is 5.47. The second kappa shape index (κ2) is 9.40. The second-order valence-corrected chi connectivity index (χ2v) is 6.41. The quantitative estimate of drug-likeness (QED) is 0.450. The van der Waals surface area contributed by atoms with E-state index in [4.69, 9.17) is 16.3 Å². The monoisotopic (exact) mass is 388 g/mol. The Labute approximate surface area is 168 Å². The third-order valence-corrected chi connectivity index (χ3v) is 4.14. The molecular weight excluding hydrogens is 372 g/mol. The molecule has 5 heteroatoms. The molecule has 0 aromatic heterocycles. The maximum absolute atomic E-state index is 12.4. The summed E-state index contributed by atoms with van der Waals surface area (Å²) in [6, 6.07) is 25.7. The number of nitrogens with one attached hydrogen (secondary N) is 1. The molecule has 0 fully saturated rings. The highest BCUT2D eigenvalue weighted by Crippen LogP contribution is 2.19. The van der Waals surface area contributed by atoms with Crippen LogP contribution in [0.3, 0.4) is 0 Å². The van der Waals surface area contributed by atoms with Gasteiger partial charge >= 0.3 is 0 Å². The minimum atomic E-state index is -0.486. The number of ether oxygens (including phenoxy) is 1. The van der Waals surface area contributed by atoms with Gasteiger partial charge in [-0.3, -0.25) is 4.79 Å². The topological polar surface area (TPSA) is 62.1 Å². The zero-order valence-corrected chi connectivity index (χ0v) is 15.7. The molecule has 0 aliphatic rings. The SMILES string of the molecule is N#C/C(=C\c1cccc(OCc2ccccc2)c1)C(=O)Nc1ccc(Cl)cc1. The van der Waals surface area contributed by atoms with Crippen molar-refractivity contribution in [2.45, 2.75) is 6.61 Å². The van der Waals surface area contributed by atoms with Crippen LogP contribution in [0.5, 0.6) is 5.75 Å². The van der Waals surface area contributed by atoms with Crippen molar-refractivity contribution in [2.75, 3.05) is 5.32 Å². The molecule has 0 unspecified atom stereocenters. The van der Waals surface area contributed by atoms with Gasteiger partial charge in [-0.2, -0.15) is 5.26 Å². The molecule has 1 N–H and O–H groups in total. The molecule has 0 atom stereocenters. The Morgan fingerprint density at radius 3 is 2.50 bits per heavy atom. The van der Waals surface area contributed by atoms with Gasteiger partial charge in [0.05, 0.1) is 0 Å². The highest BCUT2D eigenvalue weighted by molar-refractivity contribution is 6.30. The Morgan fingerprint density at radius 2 is 1.79 bits per heavy atom. The molecule has 138 valence electrons. The molecule has 3 aromatic carbocycles. The van der Waals surface area contributed by atoms with Crippen molar-refractivity contribution in [3.05, 3.63) is 101 Å². The van der Waals surface area contributed by atoms with Gasteiger partial charge in [0.25, 0.3) is 5.91 Å². The Balaban J connectivity index is 1.70. The minimum absolute atomic E-state index is 0.00448. The number of carbonyl (C=O) groups is 1. The van der Waals surface area contributed by atoms with Gasteiger partial charge in [-0.15, -0.1) is 0 Å². The van der Waals surface area contributed by atoms with E-state index < -0.39 is 5.91 Å². The Hall–Kier alpha value is -3.55. The van der Waals surface area contributed by atoms with Crippen molar-refractivity contribution in [2.24, 2.45) is 0 Å². The first-order chi connectivity index (χ1) is 13.6. The lowest BCUT2D eigenvalue weighted by atomic mass is 10.1. The van der Waals surface area contributed by atoms with Crippen molar-refractivity contribution in [3.63, 3.8) is 0 Å². The van der Waals surface area contributed by atoms with Crippen LogP contribution in [0.15, 0.2) is 84.4 Å². The van der Waals surface area contributed by atoms with Crippen LogP contribution in [-0.4, -0.2) is 5.91 Å². The lowest BCUT2D eigenvalue weighted by molar-refractivity contribution is -0.112. The first-order valence-corrected chi connectivity index (χ1v) is 8.97. The van der Waals surface area contributed by atoms with E-state index >= 15 is 0 Å². The molecule has 4 nitrogen and oxygen atoms in total. The fourth-order valence-electron chi connectivity index (χ4n) is 2.48. The Kier molecular flexibility index (Phi) is 6.46. The first-order valence-electron chi connectivity index (χ1n) is 8.59. The third-order valence-electron chi connectivity index (χ3n) is 3.88. The van der Waals surface area contributed by atoms with E-state index in [0.29, 0.717) is 28.6 Å². The molecule has 0 heterocycles. The molecular formula is C23H17ClN2O2. The van der Waals surface area contributed by atoms with Gasteiger partial charge in [-0.25, -0.2) is 0 Å². The summed E-state index contributed by atoms with van der Waals surface area (Å²) in [7, 11) is 0. The van der Waals surface area contributed by atoms with Gasteiger partial charge < -0.3 is 10.1 Å². The van der Waals surface area contributed by atoms with E-state index in [0.717, 1.165) is 5.56 Å². The molecule has 0 radical (unpaired) electrons. The average molecular weight is 389 g/mol. The predicted octanol–water partition coefficient (Wildman–Crippen LogP) is 5.46. The van der Waals surface area contributed by atoms with E-state index in [-0.39, 0.29) is 5.57 Å². The fraction of sp³-hybridized carbons (Fsp3) is 0.0435. The van der Waals surface area contributed by atoms with Crippen molar-refractivity contribution >= 4 is 29.3 Å². The minimum Gasteiger partial charge on any atom is -0.489 e. The summed E-state index contributed by atoms with van der Waals surface area (Å²) in [5.41, 5.74) is 2.32. The fourth-order valence-corrected chi connectivity index (χ4v) is 2.61. The number of nitriles is 1. The number of anilines is 1. The number of hydrogen-bond donors (Lipinski definition) is 1. The maximum atomic E-state index is 12.4. The van der Waals surface area contributed by atoms with Crippen LogP contribution in [0.25, 0.3) is 6.08 Å². The van der Waals surface area contributed by atoms with Crippen LogP contribution in [0.1, 0.15) is 11.1 Å². The molecule has 0 aliphatic carbocycles. The largest absolute Gasteiger partial charge is 0.489 e. The zero-order chi connectivity index (χ0) is 19.8. The lowest BCUT2D eigenvalue weighted by Gasteiger charge is -2.07. The predicted molar refractivity (Wildman–Crippen MR) is 111 cm³/mol. The molecule has 0 aliphatic heterocycles. The number of rotatable bonds is 6. The standard InChI is InChI=1S/C23H17ClN2O2/c24-20-9-11-21(12-10-20)26-23(27)19(15-25)13-18-7-4-8-22(14-18)28-16-17-5-2-1-3-6-17/h1-14H,16H2,(H,26,27)/b19-13+. The van der Waals surface area contributed by atoms with Crippen LogP contribution in [0, 0.1) is 11.3 Å². The zero-order valence-electron chi connectivity index (χ0n) is 14.9. The summed E-state index contributed by atoms with van der Waals surface area (Å²) in [5.74, 6) is 0.174. The van der Waals surface area contributed by atoms with Crippen molar-refractivity contribution in [1.29, 1.82) is 5.26 Å². The second-order valence-electron chi connectivity index (χ2n) is 5.98. The van der Waals surface area contributed by atoms with E-state index in [9.17, 15) is 10.1 Å². The molecule has 3 rings (SSSR count). The molecule has 3 aromatic rings. The lowest BCUT2D eigenvalue weighted by Crippen LogP contribution is -2.13. The summed E-state index contributed by atoms with van der Waals surface area (Å²) >= 11 is 5.84. The molecule has 0 spiro atoms. The van der Waals surface area contributed by atoms with Gasteiger partial charge in [0.2, 0.25) is 0 Å². The molecule has 0 bridgehead atoms. The first kappa shape index (κ1) is 19.2. The van der Waals surface area contributed by atoms with Crippen molar-refractivity contribution < 1.29 is 9.53 Å². The summed E-state index contributed by atoms with van der Waals surface area (Å²) in [6.07, 6.45) is 1.53. The van der Waals surface area contributed by atoms with Gasteiger partial charge in [-0.1, -0.05) is 54.1 Å². The normalized spacial score (nSPS) is 10.8. The summed E-state index contributed by atoms with van der Waals surface area (Å²) in [6.45, 7) is 0.441. The van der Waals surface area contributed by atoms with E-state index in [1.807, 2.05) is 54.6 Å². The Bertz CT molecular complexity index is 1020. The van der Waals surface area contributed by atoms with Crippen molar-refractivity contribution in [1.82, 2.24) is 0 Å². The van der Waals surface area contributed by atoms with Crippen LogP contribution in [0.4, 0.5) is 5.69 Å². The summed E-state index contributed by atoms with van der Waals surface area (Å²) in [4.78, 5) is 12.4. The van der Waals surface area contributed by atoms with E-state index in [1.165, 1.54) is 6.08 Å². The van der Waals surface area contributed by atoms with Gasteiger partial charge in [0.15, 0.2) is 0 Å². The number of hydrogen-bond acceptors (Lipinski definition) is 3. The Morgan fingerprint density at radius 1 is 1.04 bits per heavy atom. The highest BCUT2D eigenvalue weighted by Gasteiger charge is 2.10. The van der Waals surface area contributed by atoms with Gasteiger partial charge in [0.1, 0.15) is 24.0 Å². The van der Waals surface area contributed by atoms with Crippen LogP contribution >= 0.6 is 11.6 Å². The maximum Gasteiger partial charge on any atom is 0.266 e. The summed E-state index contributed by atoms with van der Waals surface area (Å²) < 4.78 is 5.79. The summed E-state index contributed by atoms with van der Waals surface area (Å²) in [5, 5.41) is 12.6. The van der Waals surface area contributed by atoms with Crippen LogP contribution < -0.4 is 10.1 Å². The number of amides is 1. The van der Waals surface area contributed by atoms with E-state index in [1.54, 1.807) is 30.3 Å². The van der Waals surface area contributed by atoms with Gasteiger partial charge in [-0.05, 0) is 53.6 Å². The number of nitrogens with zero attached hydrogens (tertiary/aromatic N) is 1. The number of halogens is 1. The van der Waals surface area contributed by atoms with Crippen LogP contribution in [0.2, 0.25) is 5.02 Å². The van der Waals surface area contributed by atoms with Gasteiger partial charge in [0, 0.05) is 10.7 Å². The van der Waals surface area contributed by atoms with E-state index in [2.05, 4.69) is 5.32 Å². The average Bonchev–Trinajstić information content (AvgIpc) is 2.73. The molecule has 1 amide bonds. The smallest absolute Gasteiger partial charge is 0.266 e. The van der Waals surface area contributed by atoms with Crippen molar-refractivity contribution in [3.8, 4) is 11.8 Å². The number of benzene rings is 3. The highest BCUT2D eigenvalue weighted by atomic mass is 35.5. The molecule has 0 saturated carbocycles. The molecule has 28 heavy (non-hydrogen) atoms. The van der Waals surface area contributed by atoms with Crippen LogP contribution in [-0.2, 0) is 11.4 Å². The number of carbonyl (C=O) groups excluding carboxylic acids is 1.